The number of benzene rings is 2. The van der Waals surface area contributed by atoms with Crippen LogP contribution in [0, 0.1) is 0 Å². The van der Waals surface area contributed by atoms with Crippen LogP contribution in [0.5, 0.6) is 0 Å². The van der Waals surface area contributed by atoms with E-state index in [1.54, 1.807) is 0 Å². The van der Waals surface area contributed by atoms with Crippen molar-refractivity contribution < 1.29 is 19.1 Å². The molecule has 0 aliphatic carbocycles. The van der Waals surface area contributed by atoms with Gasteiger partial charge in [-0.25, -0.2) is 4.98 Å². The molecule has 2 aromatic heterocycles. The number of thiophene rings is 1. The first-order valence-electron chi connectivity index (χ1n) is 9.89. The second-order valence-corrected chi connectivity index (χ2v) is 9.24. The Bertz CT molecular complexity index is 1320. The minimum Gasteiger partial charge on any atom is -0.451 e. The number of halogens is 1. The number of amides is 2. The Hall–Kier alpha value is -3.27. The van der Waals surface area contributed by atoms with Crippen molar-refractivity contribution >= 4 is 67.3 Å². The highest BCUT2D eigenvalue weighted by molar-refractivity contribution is 7.21. The molecule has 0 fully saturated rings. The van der Waals surface area contributed by atoms with E-state index in [2.05, 4.69) is 15.6 Å². The standard InChI is InChI=1S/C23H18ClN3O4S2/c1-13(21(29)27-23-26-16(12-32-23)14-7-3-2-4-8-14)31-18(28)11-25-22(30)20-19(24)15-9-5-6-10-17(15)33-20/h2-10,12-13H,11H2,1H3,(H,25,30)(H,26,27,29)/t13-/m0/s1. The number of hydrogen-bond donors (Lipinski definition) is 2. The summed E-state index contributed by atoms with van der Waals surface area (Å²) >= 11 is 8.80. The van der Waals surface area contributed by atoms with Gasteiger partial charge in [0, 0.05) is 21.0 Å². The molecule has 2 heterocycles. The molecule has 0 spiro atoms. The number of nitrogens with zero attached hydrogens (tertiary/aromatic N) is 1. The molecular weight excluding hydrogens is 482 g/mol. The van der Waals surface area contributed by atoms with Gasteiger partial charge < -0.3 is 10.1 Å². The molecule has 2 aromatic carbocycles. The summed E-state index contributed by atoms with van der Waals surface area (Å²) in [5, 5.41) is 8.47. The van der Waals surface area contributed by atoms with Crippen molar-refractivity contribution in [1.29, 1.82) is 0 Å². The van der Waals surface area contributed by atoms with Crippen molar-refractivity contribution in [3.8, 4) is 11.3 Å². The van der Waals surface area contributed by atoms with Crippen molar-refractivity contribution in [2.24, 2.45) is 0 Å². The Kier molecular flexibility index (Phi) is 7.02. The molecule has 0 unspecified atom stereocenters. The lowest BCUT2D eigenvalue weighted by Crippen LogP contribution is -2.35. The number of hydrogen-bond acceptors (Lipinski definition) is 7. The Morgan fingerprint density at radius 1 is 1.09 bits per heavy atom. The van der Waals surface area contributed by atoms with E-state index in [1.165, 1.54) is 29.6 Å². The molecule has 1 atom stereocenters. The van der Waals surface area contributed by atoms with Gasteiger partial charge in [0.1, 0.15) is 11.4 Å². The number of rotatable bonds is 7. The number of ether oxygens (including phenoxy) is 1. The van der Waals surface area contributed by atoms with E-state index in [-0.39, 0.29) is 0 Å². The van der Waals surface area contributed by atoms with E-state index in [0.717, 1.165) is 21.3 Å². The van der Waals surface area contributed by atoms with Crippen LogP contribution in [0.1, 0.15) is 16.6 Å². The summed E-state index contributed by atoms with van der Waals surface area (Å²) in [5.41, 5.74) is 1.67. The van der Waals surface area contributed by atoms with Gasteiger partial charge in [0.2, 0.25) is 0 Å². The SMILES string of the molecule is C[C@H](OC(=O)CNC(=O)c1sc2ccccc2c1Cl)C(=O)Nc1nc(-c2ccccc2)cs1. The van der Waals surface area contributed by atoms with E-state index in [4.69, 9.17) is 16.3 Å². The van der Waals surface area contributed by atoms with E-state index in [9.17, 15) is 14.4 Å². The molecule has 4 rings (SSSR count). The van der Waals surface area contributed by atoms with Crippen molar-refractivity contribution in [1.82, 2.24) is 10.3 Å². The van der Waals surface area contributed by atoms with Crippen LogP contribution < -0.4 is 10.6 Å². The predicted octanol–water partition coefficient (Wildman–Crippen LogP) is 4.98. The molecular formula is C23H18ClN3O4S2. The lowest BCUT2D eigenvalue weighted by atomic mass is 10.2. The molecule has 0 aliphatic heterocycles. The molecule has 7 nitrogen and oxygen atoms in total. The van der Waals surface area contributed by atoms with Gasteiger partial charge in [0.25, 0.3) is 11.8 Å². The molecule has 168 valence electrons. The highest BCUT2D eigenvalue weighted by Gasteiger charge is 2.21. The molecule has 33 heavy (non-hydrogen) atoms. The summed E-state index contributed by atoms with van der Waals surface area (Å²) in [5.74, 6) is -1.74. The summed E-state index contributed by atoms with van der Waals surface area (Å²) < 4.78 is 6.01. The zero-order valence-corrected chi connectivity index (χ0v) is 19.7. The maximum Gasteiger partial charge on any atom is 0.326 e. The Labute approximate surface area is 202 Å². The number of esters is 1. The lowest BCUT2D eigenvalue weighted by molar-refractivity contribution is -0.152. The summed E-state index contributed by atoms with van der Waals surface area (Å²) in [7, 11) is 0. The van der Waals surface area contributed by atoms with Crippen LogP contribution in [0.25, 0.3) is 21.3 Å². The third-order valence-electron chi connectivity index (χ3n) is 4.62. The Morgan fingerprint density at radius 2 is 1.82 bits per heavy atom. The third kappa shape index (κ3) is 5.39. The van der Waals surface area contributed by atoms with Crippen LogP contribution in [0.3, 0.4) is 0 Å². The second kappa shape index (κ2) is 10.1. The van der Waals surface area contributed by atoms with Crippen molar-refractivity contribution in [2.45, 2.75) is 13.0 Å². The van der Waals surface area contributed by atoms with Gasteiger partial charge in [-0.15, -0.1) is 22.7 Å². The van der Waals surface area contributed by atoms with Crippen molar-refractivity contribution in [3.05, 3.63) is 69.9 Å². The molecule has 0 aliphatic rings. The fraction of sp³-hybridized carbons (Fsp3) is 0.130. The van der Waals surface area contributed by atoms with Gasteiger partial charge in [0.05, 0.1) is 10.7 Å². The maximum absolute atomic E-state index is 12.4. The Morgan fingerprint density at radius 3 is 2.58 bits per heavy atom. The fourth-order valence-electron chi connectivity index (χ4n) is 2.96. The minimum atomic E-state index is -1.06. The van der Waals surface area contributed by atoms with Gasteiger partial charge >= 0.3 is 5.97 Å². The molecule has 2 amide bonds. The molecule has 0 bridgehead atoms. The molecule has 0 saturated carbocycles. The number of thiazole rings is 1. The number of fused-ring (bicyclic) bond motifs is 1. The average molecular weight is 500 g/mol. The minimum absolute atomic E-state index is 0.314. The quantitative estimate of drug-likeness (QED) is 0.349. The molecule has 2 N–H and O–H groups in total. The predicted molar refractivity (Wildman–Crippen MR) is 131 cm³/mol. The van der Waals surface area contributed by atoms with E-state index >= 15 is 0 Å². The first kappa shape index (κ1) is 22.9. The van der Waals surface area contributed by atoms with E-state index in [1.807, 2.05) is 60.0 Å². The first-order chi connectivity index (χ1) is 15.9. The fourth-order valence-corrected chi connectivity index (χ4v) is 5.12. The summed E-state index contributed by atoms with van der Waals surface area (Å²) in [6, 6.07) is 16.9. The number of aromatic nitrogens is 1. The summed E-state index contributed by atoms with van der Waals surface area (Å²) in [6.45, 7) is 1.06. The van der Waals surface area contributed by atoms with E-state index < -0.39 is 30.4 Å². The summed E-state index contributed by atoms with van der Waals surface area (Å²) in [4.78, 5) is 41.6. The van der Waals surface area contributed by atoms with Gasteiger partial charge in [-0.3, -0.25) is 19.7 Å². The average Bonchev–Trinajstić information content (AvgIpc) is 3.43. The van der Waals surface area contributed by atoms with Crippen LogP contribution in [0.4, 0.5) is 5.13 Å². The van der Waals surface area contributed by atoms with E-state index in [0.29, 0.717) is 15.0 Å². The van der Waals surface area contributed by atoms with Gasteiger partial charge in [-0.1, -0.05) is 60.1 Å². The third-order valence-corrected chi connectivity index (χ3v) is 7.05. The zero-order chi connectivity index (χ0) is 23.4. The zero-order valence-electron chi connectivity index (χ0n) is 17.3. The van der Waals surface area contributed by atoms with Crippen LogP contribution in [-0.4, -0.2) is 35.4 Å². The maximum atomic E-state index is 12.4. The van der Waals surface area contributed by atoms with Crippen molar-refractivity contribution in [2.75, 3.05) is 11.9 Å². The van der Waals surface area contributed by atoms with Crippen LogP contribution in [0.2, 0.25) is 5.02 Å². The normalized spacial score (nSPS) is 11.7. The second-order valence-electron chi connectivity index (χ2n) is 6.95. The monoisotopic (exact) mass is 499 g/mol. The van der Waals surface area contributed by atoms with Gasteiger partial charge in [-0.2, -0.15) is 0 Å². The van der Waals surface area contributed by atoms with Crippen LogP contribution >= 0.6 is 34.3 Å². The molecule has 0 radical (unpaired) electrons. The Balaban J connectivity index is 1.28. The number of nitrogens with one attached hydrogen (secondary N) is 2. The number of anilines is 1. The number of carbonyl (C=O) groups excluding carboxylic acids is 3. The lowest BCUT2D eigenvalue weighted by Gasteiger charge is -2.12. The smallest absolute Gasteiger partial charge is 0.326 e. The van der Waals surface area contributed by atoms with Crippen LogP contribution in [-0.2, 0) is 14.3 Å². The summed E-state index contributed by atoms with van der Waals surface area (Å²) in [6.07, 6.45) is -1.06. The first-order valence-corrected chi connectivity index (χ1v) is 12.0. The number of carbonyl (C=O) groups is 3. The van der Waals surface area contributed by atoms with Gasteiger partial charge in [-0.05, 0) is 13.0 Å². The molecule has 4 aromatic rings. The van der Waals surface area contributed by atoms with Gasteiger partial charge in [0.15, 0.2) is 11.2 Å². The molecule has 10 heteroatoms. The topological polar surface area (TPSA) is 97.4 Å². The van der Waals surface area contributed by atoms with Crippen molar-refractivity contribution in [3.63, 3.8) is 0 Å². The van der Waals surface area contributed by atoms with Crippen LogP contribution in [0.15, 0.2) is 60.0 Å². The highest BCUT2D eigenvalue weighted by atomic mass is 35.5. The molecule has 0 saturated heterocycles. The largest absolute Gasteiger partial charge is 0.451 e. The highest BCUT2D eigenvalue weighted by Crippen LogP contribution is 2.35.